The predicted octanol–water partition coefficient (Wildman–Crippen LogP) is 4.58. The molecule has 174 valence electrons. The molecule has 8 nitrogen and oxygen atoms in total. The Balaban J connectivity index is 1.39. The van der Waals surface area contributed by atoms with Crippen molar-refractivity contribution in [2.24, 2.45) is 0 Å². The highest BCUT2D eigenvalue weighted by Crippen LogP contribution is 2.38. The minimum atomic E-state index is 0.0934. The molecular formula is C26H28N6O2. The van der Waals surface area contributed by atoms with Gasteiger partial charge in [-0.2, -0.15) is 9.97 Å². The number of nitrogens with zero attached hydrogens (tertiary/aromatic N) is 4. The van der Waals surface area contributed by atoms with Crippen LogP contribution in [0.2, 0.25) is 0 Å². The molecule has 1 atom stereocenters. The number of aromatic amines is 1. The van der Waals surface area contributed by atoms with Crippen LogP contribution in [-0.2, 0) is 17.8 Å². The quantitative estimate of drug-likeness (QED) is 0.455. The van der Waals surface area contributed by atoms with Crippen LogP contribution in [0.25, 0.3) is 11.0 Å². The van der Waals surface area contributed by atoms with E-state index in [1.807, 2.05) is 23.4 Å². The number of H-pyrrole nitrogens is 1. The lowest BCUT2D eigenvalue weighted by molar-refractivity contribution is 0.157. The standard InChI is InChI=1S/C26H28N6O2/c1-31-12-9-18-15-23(33-2)21(14-19(18)16-31)28-26-29-24-20(8-11-27-24)25(30-26)32-22(10-13-34-32)17-6-4-3-5-7-17/h3-8,11,14-15,22H,9-10,12-13,16H2,1-2H3,(H2,27,28,29,30)/t22-/m0/s1. The molecule has 0 bridgehead atoms. The van der Waals surface area contributed by atoms with Crippen LogP contribution < -0.4 is 15.1 Å². The van der Waals surface area contributed by atoms with Gasteiger partial charge in [0, 0.05) is 25.7 Å². The maximum Gasteiger partial charge on any atom is 0.231 e. The van der Waals surface area contributed by atoms with Gasteiger partial charge in [-0.15, -0.1) is 0 Å². The molecular weight excluding hydrogens is 428 g/mol. The van der Waals surface area contributed by atoms with Crippen molar-refractivity contribution in [3.05, 3.63) is 71.4 Å². The van der Waals surface area contributed by atoms with Crippen LogP contribution in [-0.4, -0.2) is 47.2 Å². The monoisotopic (exact) mass is 456 g/mol. The second-order valence-corrected chi connectivity index (χ2v) is 8.92. The predicted molar refractivity (Wildman–Crippen MR) is 132 cm³/mol. The number of hydroxylamine groups is 1. The maximum atomic E-state index is 6.09. The molecule has 34 heavy (non-hydrogen) atoms. The zero-order valence-electron chi connectivity index (χ0n) is 19.4. The molecule has 0 radical (unpaired) electrons. The first-order valence-corrected chi connectivity index (χ1v) is 11.7. The molecule has 2 aliphatic rings. The largest absolute Gasteiger partial charge is 0.495 e. The fraction of sp³-hybridized carbons (Fsp3) is 0.308. The number of likely N-dealkylation sites (N-methyl/N-ethyl adjacent to an activating group) is 1. The van der Waals surface area contributed by atoms with Crippen molar-refractivity contribution in [3.8, 4) is 5.75 Å². The van der Waals surface area contributed by atoms with Crippen LogP contribution >= 0.6 is 0 Å². The molecule has 2 aromatic heterocycles. The number of nitrogens with one attached hydrogen (secondary N) is 2. The van der Waals surface area contributed by atoms with Gasteiger partial charge in [0.1, 0.15) is 11.4 Å². The topological polar surface area (TPSA) is 78.5 Å². The minimum Gasteiger partial charge on any atom is -0.495 e. The number of anilines is 3. The molecule has 4 aromatic rings. The lowest BCUT2D eigenvalue weighted by Crippen LogP contribution is -2.26. The summed E-state index contributed by atoms with van der Waals surface area (Å²) in [6, 6.07) is 16.8. The van der Waals surface area contributed by atoms with Gasteiger partial charge in [0.15, 0.2) is 5.82 Å². The number of methoxy groups -OCH3 is 1. The number of ether oxygens (including phenoxy) is 1. The van der Waals surface area contributed by atoms with Crippen LogP contribution in [0.1, 0.15) is 29.2 Å². The zero-order chi connectivity index (χ0) is 23.1. The molecule has 4 heterocycles. The number of aromatic nitrogens is 3. The second kappa shape index (κ2) is 8.62. The number of hydrogen-bond acceptors (Lipinski definition) is 7. The molecule has 2 aromatic carbocycles. The Kier molecular flexibility index (Phi) is 5.31. The Hall–Kier alpha value is -3.62. The van der Waals surface area contributed by atoms with Crippen LogP contribution in [0.5, 0.6) is 5.75 Å². The third-order valence-corrected chi connectivity index (χ3v) is 6.66. The fourth-order valence-corrected chi connectivity index (χ4v) is 4.92. The molecule has 1 saturated heterocycles. The van der Waals surface area contributed by atoms with E-state index in [-0.39, 0.29) is 6.04 Å². The second-order valence-electron chi connectivity index (χ2n) is 8.92. The summed E-state index contributed by atoms with van der Waals surface area (Å²) in [4.78, 5) is 21.3. The molecule has 2 N–H and O–H groups in total. The van der Waals surface area contributed by atoms with Gasteiger partial charge < -0.3 is 19.9 Å². The van der Waals surface area contributed by atoms with Crippen LogP contribution in [0, 0.1) is 0 Å². The first-order chi connectivity index (χ1) is 16.7. The summed E-state index contributed by atoms with van der Waals surface area (Å²) < 4.78 is 5.71. The highest BCUT2D eigenvalue weighted by Gasteiger charge is 2.31. The molecule has 0 saturated carbocycles. The molecule has 6 rings (SSSR count). The number of fused-ring (bicyclic) bond motifs is 2. The summed E-state index contributed by atoms with van der Waals surface area (Å²) >= 11 is 0. The SMILES string of the molecule is COc1cc2c(cc1Nc1nc(N3OCC[C@H]3c3ccccc3)c3cc[nH]c3n1)CN(C)CC2. The molecule has 0 aliphatic carbocycles. The Bertz CT molecular complexity index is 1320. The van der Waals surface area contributed by atoms with E-state index in [9.17, 15) is 0 Å². The Morgan fingerprint density at radius 1 is 1.12 bits per heavy atom. The molecule has 0 spiro atoms. The first-order valence-electron chi connectivity index (χ1n) is 11.7. The maximum absolute atomic E-state index is 6.09. The van der Waals surface area contributed by atoms with Crippen molar-refractivity contribution in [1.82, 2.24) is 19.9 Å². The Morgan fingerprint density at radius 2 is 2.00 bits per heavy atom. The smallest absolute Gasteiger partial charge is 0.231 e. The average Bonchev–Trinajstić information content (AvgIpc) is 3.53. The molecule has 0 unspecified atom stereocenters. The lowest BCUT2D eigenvalue weighted by atomic mass is 9.99. The molecule has 8 heteroatoms. The third kappa shape index (κ3) is 3.74. The van der Waals surface area contributed by atoms with E-state index in [0.29, 0.717) is 12.6 Å². The van der Waals surface area contributed by atoms with Crippen molar-refractivity contribution in [2.45, 2.75) is 25.4 Å². The lowest BCUT2D eigenvalue weighted by Gasteiger charge is -2.27. The van der Waals surface area contributed by atoms with Crippen molar-refractivity contribution < 1.29 is 9.57 Å². The van der Waals surface area contributed by atoms with Gasteiger partial charge in [-0.25, -0.2) is 5.06 Å². The minimum absolute atomic E-state index is 0.0934. The first kappa shape index (κ1) is 20.9. The van der Waals surface area contributed by atoms with E-state index in [1.54, 1.807) is 7.11 Å². The zero-order valence-corrected chi connectivity index (χ0v) is 19.4. The number of hydrogen-bond donors (Lipinski definition) is 2. The fourth-order valence-electron chi connectivity index (χ4n) is 4.92. The van der Waals surface area contributed by atoms with Crippen molar-refractivity contribution >= 4 is 28.5 Å². The summed E-state index contributed by atoms with van der Waals surface area (Å²) in [6.07, 6.45) is 3.80. The van der Waals surface area contributed by atoms with E-state index in [2.05, 4.69) is 58.6 Å². The molecule has 2 aliphatic heterocycles. The van der Waals surface area contributed by atoms with Gasteiger partial charge in [-0.3, -0.25) is 4.84 Å². The van der Waals surface area contributed by atoms with Gasteiger partial charge in [-0.05, 0) is 48.4 Å². The van der Waals surface area contributed by atoms with E-state index in [1.165, 1.54) is 16.7 Å². The summed E-state index contributed by atoms with van der Waals surface area (Å²) in [5.41, 5.74) is 5.45. The molecule has 0 amide bonds. The summed E-state index contributed by atoms with van der Waals surface area (Å²) in [5.74, 6) is 2.03. The van der Waals surface area contributed by atoms with Crippen LogP contribution in [0.3, 0.4) is 0 Å². The van der Waals surface area contributed by atoms with Gasteiger partial charge in [0.2, 0.25) is 5.95 Å². The molecule has 1 fully saturated rings. The van der Waals surface area contributed by atoms with Gasteiger partial charge >= 0.3 is 0 Å². The van der Waals surface area contributed by atoms with Crippen molar-refractivity contribution in [1.29, 1.82) is 0 Å². The van der Waals surface area contributed by atoms with E-state index < -0.39 is 0 Å². The highest BCUT2D eigenvalue weighted by molar-refractivity contribution is 5.89. The van der Waals surface area contributed by atoms with E-state index >= 15 is 0 Å². The summed E-state index contributed by atoms with van der Waals surface area (Å²) in [7, 11) is 3.85. The Labute approximate surface area is 198 Å². The van der Waals surface area contributed by atoms with Gasteiger partial charge in [0.05, 0.1) is 30.8 Å². The van der Waals surface area contributed by atoms with Crippen molar-refractivity contribution in [2.75, 3.05) is 37.7 Å². The van der Waals surface area contributed by atoms with E-state index in [0.717, 1.165) is 54.2 Å². The summed E-state index contributed by atoms with van der Waals surface area (Å²) in [6.45, 7) is 2.61. The average molecular weight is 457 g/mol. The van der Waals surface area contributed by atoms with E-state index in [4.69, 9.17) is 19.5 Å². The highest BCUT2D eigenvalue weighted by atomic mass is 16.7. The number of benzene rings is 2. The van der Waals surface area contributed by atoms with Crippen LogP contribution in [0.15, 0.2) is 54.7 Å². The Morgan fingerprint density at radius 3 is 2.85 bits per heavy atom. The normalized spacial score (nSPS) is 18.3. The number of rotatable bonds is 5. The van der Waals surface area contributed by atoms with Crippen LogP contribution in [0.4, 0.5) is 17.5 Å². The summed E-state index contributed by atoms with van der Waals surface area (Å²) in [5, 5.41) is 6.27. The third-order valence-electron chi connectivity index (χ3n) is 6.66. The van der Waals surface area contributed by atoms with Gasteiger partial charge in [0.25, 0.3) is 0 Å². The van der Waals surface area contributed by atoms with Crippen molar-refractivity contribution in [3.63, 3.8) is 0 Å². The van der Waals surface area contributed by atoms with Gasteiger partial charge in [-0.1, -0.05) is 30.3 Å².